The molecule has 1 heterocycles. The van der Waals surface area contributed by atoms with Crippen molar-refractivity contribution in [1.29, 1.82) is 0 Å². The minimum absolute atomic E-state index is 0.281. The van der Waals surface area contributed by atoms with Crippen molar-refractivity contribution < 1.29 is 13.9 Å². The van der Waals surface area contributed by atoms with Crippen LogP contribution >= 0.6 is 0 Å². The van der Waals surface area contributed by atoms with Gasteiger partial charge in [0.25, 0.3) is 0 Å². The predicted octanol–water partition coefficient (Wildman–Crippen LogP) is 2.45. The highest BCUT2D eigenvalue weighted by molar-refractivity contribution is 5.29. The molecule has 1 aliphatic heterocycles. The lowest BCUT2D eigenvalue weighted by Crippen LogP contribution is -2.22. The van der Waals surface area contributed by atoms with E-state index in [9.17, 15) is 4.39 Å². The van der Waals surface area contributed by atoms with Gasteiger partial charge in [-0.15, -0.1) is 0 Å². The average Bonchev–Trinajstić information content (AvgIpc) is 2.80. The largest absolute Gasteiger partial charge is 0.491 e. The van der Waals surface area contributed by atoms with E-state index >= 15 is 0 Å². The molecular weight excluding hydrogens is 233 g/mol. The van der Waals surface area contributed by atoms with Gasteiger partial charge in [0.05, 0.1) is 12.7 Å². The predicted molar refractivity (Wildman–Crippen MR) is 68.3 cm³/mol. The van der Waals surface area contributed by atoms with Gasteiger partial charge < -0.3 is 9.47 Å². The maximum Gasteiger partial charge on any atom is 0.165 e. The fraction of sp³-hybridized carbons (Fsp3) is 0.571. The van der Waals surface area contributed by atoms with E-state index in [0.29, 0.717) is 18.5 Å². The second kappa shape index (κ2) is 6.16. The van der Waals surface area contributed by atoms with Crippen LogP contribution in [0, 0.1) is 5.82 Å². The molecular formula is C14H20FNO2. The molecule has 0 amide bonds. The quantitative estimate of drug-likeness (QED) is 0.804. The SMILES string of the molecule is CCOc1ccc(CN2CC[C@@H](OC)C2)cc1F. The minimum Gasteiger partial charge on any atom is -0.491 e. The highest BCUT2D eigenvalue weighted by Gasteiger charge is 2.22. The standard InChI is InChI=1S/C14H20FNO2/c1-3-18-14-5-4-11(8-13(14)15)9-16-7-6-12(10-16)17-2/h4-5,8,12H,3,6-7,9-10H2,1-2H3/t12-/m1/s1. The number of hydrogen-bond donors (Lipinski definition) is 0. The number of methoxy groups -OCH3 is 1. The summed E-state index contributed by atoms with van der Waals surface area (Å²) < 4.78 is 24.2. The fourth-order valence-electron chi connectivity index (χ4n) is 2.31. The third kappa shape index (κ3) is 3.21. The molecule has 0 bridgehead atoms. The zero-order valence-electron chi connectivity index (χ0n) is 11.0. The average molecular weight is 253 g/mol. The third-order valence-electron chi connectivity index (χ3n) is 3.26. The molecule has 1 aromatic rings. The highest BCUT2D eigenvalue weighted by atomic mass is 19.1. The number of likely N-dealkylation sites (tertiary alicyclic amines) is 1. The summed E-state index contributed by atoms with van der Waals surface area (Å²) in [6, 6.07) is 5.19. The molecule has 1 saturated heterocycles. The molecule has 2 rings (SSSR count). The number of rotatable bonds is 5. The molecule has 100 valence electrons. The van der Waals surface area contributed by atoms with Gasteiger partial charge in [0.15, 0.2) is 11.6 Å². The van der Waals surface area contributed by atoms with Gasteiger partial charge in [-0.05, 0) is 31.0 Å². The van der Waals surface area contributed by atoms with E-state index in [2.05, 4.69) is 4.90 Å². The van der Waals surface area contributed by atoms with Crippen LogP contribution in [0.4, 0.5) is 4.39 Å². The molecule has 4 heteroatoms. The van der Waals surface area contributed by atoms with Gasteiger partial charge in [-0.25, -0.2) is 4.39 Å². The van der Waals surface area contributed by atoms with E-state index < -0.39 is 0 Å². The molecule has 0 radical (unpaired) electrons. The van der Waals surface area contributed by atoms with Crippen LogP contribution in [0.2, 0.25) is 0 Å². The third-order valence-corrected chi connectivity index (χ3v) is 3.26. The van der Waals surface area contributed by atoms with Gasteiger partial charge in [-0.3, -0.25) is 4.90 Å². The van der Waals surface area contributed by atoms with Gasteiger partial charge in [0.2, 0.25) is 0 Å². The fourth-order valence-corrected chi connectivity index (χ4v) is 2.31. The van der Waals surface area contributed by atoms with Crippen LogP contribution in [-0.2, 0) is 11.3 Å². The molecule has 0 aliphatic carbocycles. The van der Waals surface area contributed by atoms with Crippen molar-refractivity contribution in [3.05, 3.63) is 29.6 Å². The summed E-state index contributed by atoms with van der Waals surface area (Å²) in [5.41, 5.74) is 0.979. The summed E-state index contributed by atoms with van der Waals surface area (Å²) in [5.74, 6) is 0.0503. The molecule has 0 spiro atoms. The molecule has 0 N–H and O–H groups in total. The first-order chi connectivity index (χ1) is 8.72. The molecule has 1 fully saturated rings. The minimum atomic E-state index is -0.281. The topological polar surface area (TPSA) is 21.7 Å². The van der Waals surface area contributed by atoms with Crippen LogP contribution < -0.4 is 4.74 Å². The maximum atomic E-state index is 13.7. The van der Waals surface area contributed by atoms with Crippen LogP contribution in [0.5, 0.6) is 5.75 Å². The van der Waals surface area contributed by atoms with Crippen molar-refractivity contribution in [3.8, 4) is 5.75 Å². The Labute approximate surface area is 107 Å². The van der Waals surface area contributed by atoms with Crippen LogP contribution in [0.25, 0.3) is 0 Å². The first-order valence-corrected chi connectivity index (χ1v) is 6.39. The summed E-state index contributed by atoms with van der Waals surface area (Å²) in [7, 11) is 1.74. The maximum absolute atomic E-state index is 13.7. The van der Waals surface area contributed by atoms with Crippen molar-refractivity contribution in [2.24, 2.45) is 0 Å². The first kappa shape index (κ1) is 13.3. The van der Waals surface area contributed by atoms with E-state index in [1.807, 2.05) is 13.0 Å². The number of nitrogens with zero attached hydrogens (tertiary/aromatic N) is 1. The van der Waals surface area contributed by atoms with Gasteiger partial charge >= 0.3 is 0 Å². The second-order valence-electron chi connectivity index (χ2n) is 4.58. The lowest BCUT2D eigenvalue weighted by molar-refractivity contribution is 0.107. The molecule has 0 saturated carbocycles. The molecule has 18 heavy (non-hydrogen) atoms. The van der Waals surface area contributed by atoms with Crippen LogP contribution in [0.3, 0.4) is 0 Å². The van der Waals surface area contributed by atoms with Crippen LogP contribution in [-0.4, -0.2) is 37.8 Å². The van der Waals surface area contributed by atoms with Crippen molar-refractivity contribution in [1.82, 2.24) is 4.90 Å². The van der Waals surface area contributed by atoms with E-state index in [0.717, 1.165) is 31.6 Å². The normalized spacial score (nSPS) is 20.3. The lowest BCUT2D eigenvalue weighted by Gasteiger charge is -2.16. The second-order valence-corrected chi connectivity index (χ2v) is 4.58. The summed E-state index contributed by atoms with van der Waals surface area (Å²) in [4.78, 5) is 2.28. The lowest BCUT2D eigenvalue weighted by atomic mass is 10.2. The van der Waals surface area contributed by atoms with Crippen molar-refractivity contribution in [2.75, 3.05) is 26.8 Å². The summed E-state index contributed by atoms with van der Waals surface area (Å²) in [6.07, 6.45) is 1.37. The van der Waals surface area contributed by atoms with Crippen LogP contribution in [0.15, 0.2) is 18.2 Å². The van der Waals surface area contributed by atoms with Crippen molar-refractivity contribution >= 4 is 0 Å². The number of halogens is 1. The Kier molecular flexibility index (Phi) is 4.55. The number of ether oxygens (including phenoxy) is 2. The van der Waals surface area contributed by atoms with Crippen molar-refractivity contribution in [3.63, 3.8) is 0 Å². The number of benzene rings is 1. The zero-order chi connectivity index (χ0) is 13.0. The Morgan fingerprint density at radius 3 is 2.89 bits per heavy atom. The van der Waals surface area contributed by atoms with Crippen LogP contribution in [0.1, 0.15) is 18.9 Å². The Morgan fingerprint density at radius 2 is 2.28 bits per heavy atom. The Hall–Kier alpha value is -1.13. The van der Waals surface area contributed by atoms with Gasteiger partial charge in [0, 0.05) is 26.7 Å². The summed E-state index contributed by atoms with van der Waals surface area (Å²) >= 11 is 0. The van der Waals surface area contributed by atoms with E-state index in [1.165, 1.54) is 0 Å². The Bertz CT molecular complexity index is 397. The Balaban J connectivity index is 1.96. The zero-order valence-corrected chi connectivity index (χ0v) is 11.0. The molecule has 1 aliphatic rings. The van der Waals surface area contributed by atoms with Gasteiger partial charge in [-0.2, -0.15) is 0 Å². The van der Waals surface area contributed by atoms with E-state index in [4.69, 9.17) is 9.47 Å². The molecule has 0 aromatic heterocycles. The first-order valence-electron chi connectivity index (χ1n) is 6.39. The smallest absolute Gasteiger partial charge is 0.165 e. The number of hydrogen-bond acceptors (Lipinski definition) is 3. The molecule has 3 nitrogen and oxygen atoms in total. The summed E-state index contributed by atoms with van der Waals surface area (Å²) in [5, 5.41) is 0. The van der Waals surface area contributed by atoms with Gasteiger partial charge in [0.1, 0.15) is 0 Å². The molecule has 1 atom stereocenters. The Morgan fingerprint density at radius 1 is 1.44 bits per heavy atom. The van der Waals surface area contributed by atoms with E-state index in [1.54, 1.807) is 19.2 Å². The van der Waals surface area contributed by atoms with Gasteiger partial charge in [-0.1, -0.05) is 6.07 Å². The highest BCUT2D eigenvalue weighted by Crippen LogP contribution is 2.21. The van der Waals surface area contributed by atoms with E-state index in [-0.39, 0.29) is 5.82 Å². The van der Waals surface area contributed by atoms with Crippen molar-refractivity contribution in [2.45, 2.75) is 26.0 Å². The monoisotopic (exact) mass is 253 g/mol. The molecule has 0 unspecified atom stereocenters. The molecule has 1 aromatic carbocycles. The summed E-state index contributed by atoms with van der Waals surface area (Å²) in [6.45, 7) is 5.03.